The van der Waals surface area contributed by atoms with E-state index in [2.05, 4.69) is 27.9 Å². The molecular weight excluding hydrogens is 468 g/mol. The van der Waals surface area contributed by atoms with Gasteiger partial charge in [-0.1, -0.05) is 12.1 Å². The second-order valence-electron chi connectivity index (χ2n) is 8.91. The molecule has 1 aromatic heterocycles. The van der Waals surface area contributed by atoms with Crippen LogP contribution in [0.5, 0.6) is 11.5 Å². The van der Waals surface area contributed by atoms with Crippen LogP contribution in [0.3, 0.4) is 0 Å². The third kappa shape index (κ3) is 5.19. The first-order chi connectivity index (χ1) is 17.0. The highest BCUT2D eigenvalue weighted by atomic mass is 32.1. The molecule has 0 radical (unpaired) electrons. The maximum absolute atomic E-state index is 12.6. The van der Waals surface area contributed by atoms with Crippen molar-refractivity contribution in [3.05, 3.63) is 52.5 Å². The molecule has 8 nitrogen and oxygen atoms in total. The number of thiazole rings is 1. The van der Waals surface area contributed by atoms with E-state index in [1.165, 1.54) is 18.4 Å². The Balaban J connectivity index is 1.12. The Morgan fingerprint density at radius 1 is 1.06 bits per heavy atom. The van der Waals surface area contributed by atoms with Gasteiger partial charge in [-0.15, -0.1) is 11.3 Å². The van der Waals surface area contributed by atoms with Crippen LogP contribution >= 0.6 is 11.3 Å². The summed E-state index contributed by atoms with van der Waals surface area (Å²) in [5.41, 5.74) is 0.228. The highest BCUT2D eigenvalue weighted by Gasteiger charge is 2.43. The lowest BCUT2D eigenvalue weighted by Gasteiger charge is -2.20. The molecule has 0 bridgehead atoms. The predicted octanol–water partition coefficient (Wildman–Crippen LogP) is 4.91. The van der Waals surface area contributed by atoms with Gasteiger partial charge in [0, 0.05) is 18.5 Å². The molecule has 1 amide bonds. The summed E-state index contributed by atoms with van der Waals surface area (Å²) in [6.45, 7) is 4.00. The summed E-state index contributed by atoms with van der Waals surface area (Å²) in [7, 11) is 1.31. The molecule has 9 heteroatoms. The first-order valence-corrected chi connectivity index (χ1v) is 12.7. The van der Waals surface area contributed by atoms with Gasteiger partial charge in [0.1, 0.15) is 23.1 Å². The third-order valence-electron chi connectivity index (χ3n) is 6.63. The predicted molar refractivity (Wildman–Crippen MR) is 131 cm³/mol. The van der Waals surface area contributed by atoms with Crippen LogP contribution in [0.2, 0.25) is 0 Å². The van der Waals surface area contributed by atoms with Crippen LogP contribution < -0.4 is 9.47 Å². The second kappa shape index (κ2) is 10.1. The van der Waals surface area contributed by atoms with E-state index in [1.807, 2.05) is 25.1 Å². The third-order valence-corrected chi connectivity index (χ3v) is 7.45. The molecule has 2 aromatic carbocycles. The minimum Gasteiger partial charge on any atom is -0.494 e. The molecule has 1 aliphatic carbocycles. The van der Waals surface area contributed by atoms with Crippen LogP contribution in [0.15, 0.2) is 41.8 Å². The van der Waals surface area contributed by atoms with Gasteiger partial charge in [-0.25, -0.2) is 14.6 Å². The summed E-state index contributed by atoms with van der Waals surface area (Å²) in [5, 5.41) is 4.41. The van der Waals surface area contributed by atoms with E-state index < -0.39 is 5.97 Å². The van der Waals surface area contributed by atoms with E-state index in [1.54, 1.807) is 10.3 Å². The molecule has 1 unspecified atom stereocenters. The summed E-state index contributed by atoms with van der Waals surface area (Å²) in [4.78, 5) is 30.0. The van der Waals surface area contributed by atoms with Gasteiger partial charge < -0.3 is 23.8 Å². The normalized spacial score (nSPS) is 21.1. The average Bonchev–Trinajstić information content (AvgIpc) is 3.57. The Bertz CT molecular complexity index is 1210. The standard InChI is InChI=1S/C26H28N2O6S/c1-3-32-20-6-4-16-5-7-21(9-17(16)8-20)34-22-10-18-12-28(13-19(18)11-22)26(30)33-14-24-27-23(15-35-24)25(29)31-2/h4-9,15,18-19,22H,3,10-14H2,1-2H3/t18-,19+,22?. The fourth-order valence-electron chi connectivity index (χ4n) is 5.01. The van der Waals surface area contributed by atoms with E-state index in [0.29, 0.717) is 36.5 Å². The molecule has 3 aromatic rings. The van der Waals surface area contributed by atoms with E-state index >= 15 is 0 Å². The topological polar surface area (TPSA) is 87.2 Å². The largest absolute Gasteiger partial charge is 0.494 e. The van der Waals surface area contributed by atoms with Gasteiger partial charge in [0.25, 0.3) is 0 Å². The Kier molecular flexibility index (Phi) is 6.77. The van der Waals surface area contributed by atoms with Crippen molar-refractivity contribution in [1.82, 2.24) is 9.88 Å². The van der Waals surface area contributed by atoms with Gasteiger partial charge >= 0.3 is 12.1 Å². The second-order valence-corrected chi connectivity index (χ2v) is 9.86. The fraction of sp³-hybridized carbons (Fsp3) is 0.423. The van der Waals surface area contributed by atoms with Gasteiger partial charge in [0.2, 0.25) is 0 Å². The molecule has 2 aliphatic rings. The Morgan fingerprint density at radius 2 is 1.77 bits per heavy atom. The number of likely N-dealkylation sites (tertiary alicyclic amines) is 1. The van der Waals surface area contributed by atoms with Gasteiger partial charge in [-0.2, -0.15) is 0 Å². The SMILES string of the molecule is CCOc1ccc2ccc(OC3C[C@@H]4CN(C(=O)OCc5nc(C(=O)OC)cs5)C[C@@H]4C3)cc2c1. The number of esters is 1. The van der Waals surface area contributed by atoms with Crippen LogP contribution in [0.4, 0.5) is 4.79 Å². The van der Waals surface area contributed by atoms with Crippen molar-refractivity contribution in [2.45, 2.75) is 32.5 Å². The summed E-state index contributed by atoms with van der Waals surface area (Å²) in [5.74, 6) is 2.04. The molecule has 1 aliphatic heterocycles. The van der Waals surface area contributed by atoms with Crippen LogP contribution in [0, 0.1) is 11.8 Å². The molecule has 1 saturated carbocycles. The lowest BCUT2D eigenvalue weighted by atomic mass is 10.0. The summed E-state index contributed by atoms with van der Waals surface area (Å²) in [6, 6.07) is 12.2. The number of rotatable bonds is 7. The lowest BCUT2D eigenvalue weighted by molar-refractivity contribution is 0.0594. The number of ether oxygens (including phenoxy) is 4. The zero-order valence-corrected chi connectivity index (χ0v) is 20.6. The van der Waals surface area contributed by atoms with Crippen molar-refractivity contribution in [3.8, 4) is 11.5 Å². The van der Waals surface area contributed by atoms with E-state index in [9.17, 15) is 9.59 Å². The van der Waals surface area contributed by atoms with Gasteiger partial charge in [-0.05, 0) is 66.6 Å². The average molecular weight is 497 g/mol. The van der Waals surface area contributed by atoms with E-state index in [4.69, 9.17) is 14.2 Å². The lowest BCUT2D eigenvalue weighted by Crippen LogP contribution is -2.31. The first-order valence-electron chi connectivity index (χ1n) is 11.8. The number of hydrogen-bond acceptors (Lipinski definition) is 8. The molecule has 35 heavy (non-hydrogen) atoms. The van der Waals surface area contributed by atoms with Gasteiger partial charge in [0.15, 0.2) is 5.69 Å². The van der Waals surface area contributed by atoms with E-state index in [-0.39, 0.29) is 24.5 Å². The van der Waals surface area contributed by atoms with Crippen LogP contribution in [-0.4, -0.2) is 54.9 Å². The summed E-state index contributed by atoms with van der Waals surface area (Å²) >= 11 is 1.27. The number of methoxy groups -OCH3 is 1. The zero-order chi connectivity index (χ0) is 24.4. The summed E-state index contributed by atoms with van der Waals surface area (Å²) < 4.78 is 22.0. The van der Waals surface area contributed by atoms with Gasteiger partial charge in [0.05, 0.1) is 19.8 Å². The number of amides is 1. The van der Waals surface area contributed by atoms with Crippen molar-refractivity contribution >= 4 is 34.2 Å². The minimum absolute atomic E-state index is 0.0467. The van der Waals surface area contributed by atoms with Crippen LogP contribution in [-0.2, 0) is 16.1 Å². The molecule has 0 N–H and O–H groups in total. The molecule has 1 saturated heterocycles. The Labute approximate surface area is 207 Å². The van der Waals surface area contributed by atoms with Crippen molar-refractivity contribution in [2.75, 3.05) is 26.8 Å². The van der Waals surface area contributed by atoms with Gasteiger partial charge in [-0.3, -0.25) is 0 Å². The molecule has 184 valence electrons. The van der Waals surface area contributed by atoms with Crippen molar-refractivity contribution in [3.63, 3.8) is 0 Å². The van der Waals surface area contributed by atoms with E-state index in [0.717, 1.165) is 35.1 Å². The Morgan fingerprint density at radius 3 is 2.49 bits per heavy atom. The fourth-order valence-corrected chi connectivity index (χ4v) is 5.68. The molecule has 0 spiro atoms. The number of fused-ring (bicyclic) bond motifs is 2. The number of aromatic nitrogens is 1. The number of hydrogen-bond donors (Lipinski definition) is 0. The number of carbonyl (C=O) groups excluding carboxylic acids is 2. The number of benzene rings is 2. The molecule has 5 rings (SSSR count). The van der Waals surface area contributed by atoms with Crippen LogP contribution in [0.25, 0.3) is 10.8 Å². The smallest absolute Gasteiger partial charge is 0.410 e. The highest BCUT2D eigenvalue weighted by Crippen LogP contribution is 2.40. The van der Waals surface area contributed by atoms with Crippen molar-refractivity contribution in [2.24, 2.45) is 11.8 Å². The van der Waals surface area contributed by atoms with Crippen LogP contribution in [0.1, 0.15) is 35.3 Å². The Hall–Kier alpha value is -3.33. The minimum atomic E-state index is -0.498. The number of carbonyl (C=O) groups is 2. The highest BCUT2D eigenvalue weighted by molar-refractivity contribution is 7.09. The molecule has 3 atom stereocenters. The monoisotopic (exact) mass is 496 g/mol. The maximum atomic E-state index is 12.6. The summed E-state index contributed by atoms with van der Waals surface area (Å²) in [6.07, 6.45) is 1.63. The molecular formula is C26H28N2O6S. The van der Waals surface area contributed by atoms with Crippen molar-refractivity contribution in [1.29, 1.82) is 0 Å². The van der Waals surface area contributed by atoms with Crippen molar-refractivity contribution < 1.29 is 28.5 Å². The molecule has 2 fully saturated rings. The quantitative estimate of drug-likeness (QED) is 0.430. The number of nitrogens with zero attached hydrogens (tertiary/aromatic N) is 2. The molecule has 2 heterocycles. The zero-order valence-electron chi connectivity index (χ0n) is 19.8. The first kappa shape index (κ1) is 23.4. The maximum Gasteiger partial charge on any atom is 0.410 e.